The summed E-state index contributed by atoms with van der Waals surface area (Å²) >= 11 is 17.5. The minimum Gasteiger partial charge on any atom is -0.329 e. The Morgan fingerprint density at radius 3 is 2.79 bits per heavy atom. The third kappa shape index (κ3) is 3.35. The van der Waals surface area contributed by atoms with E-state index < -0.39 is 0 Å². The van der Waals surface area contributed by atoms with Crippen molar-refractivity contribution in [1.29, 1.82) is 0 Å². The van der Waals surface area contributed by atoms with E-state index in [1.54, 1.807) is 6.33 Å². The van der Waals surface area contributed by atoms with Gasteiger partial charge in [-0.25, -0.2) is 4.98 Å². The average molecular weight is 313 g/mol. The molecule has 0 spiro atoms. The van der Waals surface area contributed by atoms with Crippen LogP contribution in [0.4, 0.5) is 0 Å². The Labute approximate surface area is 128 Å². The molecular weight excluding hydrogens is 299 g/mol. The number of thiocarbonyl (C=S) groups is 1. The van der Waals surface area contributed by atoms with E-state index in [1.807, 2.05) is 42.0 Å². The molecule has 0 aliphatic rings. The highest BCUT2D eigenvalue weighted by molar-refractivity contribution is 7.80. The molecule has 0 saturated carbocycles. The fraction of sp³-hybridized carbons (Fsp3) is 0.286. The summed E-state index contributed by atoms with van der Waals surface area (Å²) in [6.45, 7) is 2.58. The standard InChI is InChI=1S/C14H14Cl2N2S/c1-10(19)12(6-15)14-7-17-9-18(14)8-11-4-2-3-5-13(11)16/h2-5,7,9,12H,6,8H2,1H3. The number of hydrogen-bond acceptors (Lipinski definition) is 2. The smallest absolute Gasteiger partial charge is 0.0951 e. The lowest BCUT2D eigenvalue weighted by Gasteiger charge is -2.16. The monoisotopic (exact) mass is 312 g/mol. The van der Waals surface area contributed by atoms with E-state index in [2.05, 4.69) is 4.98 Å². The van der Waals surface area contributed by atoms with Gasteiger partial charge in [0.15, 0.2) is 0 Å². The van der Waals surface area contributed by atoms with Crippen LogP contribution in [0, 0.1) is 0 Å². The number of rotatable bonds is 5. The van der Waals surface area contributed by atoms with E-state index in [0.717, 1.165) is 21.1 Å². The third-order valence-corrected chi connectivity index (χ3v) is 4.01. The molecule has 100 valence electrons. The molecule has 19 heavy (non-hydrogen) atoms. The lowest BCUT2D eigenvalue weighted by atomic mass is 10.1. The second-order valence-electron chi connectivity index (χ2n) is 4.36. The van der Waals surface area contributed by atoms with Gasteiger partial charge in [0, 0.05) is 28.7 Å². The zero-order valence-corrected chi connectivity index (χ0v) is 12.8. The summed E-state index contributed by atoms with van der Waals surface area (Å²) in [5.74, 6) is 0.505. The Hall–Kier alpha value is -0.900. The molecule has 0 aliphatic heterocycles. The summed E-state index contributed by atoms with van der Waals surface area (Å²) in [7, 11) is 0. The number of imidazole rings is 1. The second kappa shape index (κ2) is 6.51. The van der Waals surface area contributed by atoms with E-state index in [0.29, 0.717) is 12.4 Å². The molecule has 0 fully saturated rings. The number of aromatic nitrogens is 2. The van der Waals surface area contributed by atoms with E-state index >= 15 is 0 Å². The van der Waals surface area contributed by atoms with Gasteiger partial charge in [-0.1, -0.05) is 42.0 Å². The molecule has 2 nitrogen and oxygen atoms in total. The molecule has 0 amide bonds. The largest absolute Gasteiger partial charge is 0.329 e. The van der Waals surface area contributed by atoms with Crippen molar-refractivity contribution < 1.29 is 0 Å². The normalized spacial score (nSPS) is 12.4. The van der Waals surface area contributed by atoms with Gasteiger partial charge in [0.2, 0.25) is 0 Å². The topological polar surface area (TPSA) is 17.8 Å². The summed E-state index contributed by atoms with van der Waals surface area (Å²) in [5, 5.41) is 0.753. The molecule has 0 bridgehead atoms. The Kier molecular flexibility index (Phi) is 4.97. The summed E-state index contributed by atoms with van der Waals surface area (Å²) in [6, 6.07) is 7.79. The van der Waals surface area contributed by atoms with Gasteiger partial charge < -0.3 is 4.57 Å². The Balaban J connectivity index is 2.30. The zero-order chi connectivity index (χ0) is 13.8. The fourth-order valence-corrected chi connectivity index (χ4v) is 2.84. The van der Waals surface area contributed by atoms with Gasteiger partial charge in [-0.05, 0) is 23.4 Å². The molecule has 1 heterocycles. The van der Waals surface area contributed by atoms with E-state index in [9.17, 15) is 0 Å². The van der Waals surface area contributed by atoms with Gasteiger partial charge >= 0.3 is 0 Å². The highest BCUT2D eigenvalue weighted by atomic mass is 35.5. The molecule has 1 unspecified atom stereocenters. The van der Waals surface area contributed by atoms with Crippen LogP contribution in [0.5, 0.6) is 0 Å². The number of halogens is 2. The molecule has 1 aromatic heterocycles. The first kappa shape index (κ1) is 14.5. The summed E-state index contributed by atoms with van der Waals surface area (Å²) < 4.78 is 2.05. The number of alkyl halides is 1. The molecule has 0 radical (unpaired) electrons. The molecule has 1 atom stereocenters. The van der Waals surface area contributed by atoms with Crippen molar-refractivity contribution in [3.05, 3.63) is 53.1 Å². The van der Waals surface area contributed by atoms with Crippen molar-refractivity contribution in [1.82, 2.24) is 9.55 Å². The first-order valence-electron chi connectivity index (χ1n) is 5.93. The van der Waals surface area contributed by atoms with Crippen LogP contribution >= 0.6 is 35.4 Å². The predicted octanol–water partition coefficient (Wildman–Crippen LogP) is 4.30. The maximum Gasteiger partial charge on any atom is 0.0951 e. The molecule has 0 saturated heterocycles. The summed E-state index contributed by atoms with van der Waals surface area (Å²) in [4.78, 5) is 5.07. The van der Waals surface area contributed by atoms with Crippen LogP contribution in [0.15, 0.2) is 36.8 Å². The lowest BCUT2D eigenvalue weighted by Crippen LogP contribution is -2.14. The summed E-state index contributed by atoms with van der Waals surface area (Å²) in [5.41, 5.74) is 2.08. The van der Waals surface area contributed by atoms with Crippen molar-refractivity contribution in [3.63, 3.8) is 0 Å². The third-order valence-electron chi connectivity index (χ3n) is 3.05. The van der Waals surface area contributed by atoms with E-state index in [4.69, 9.17) is 35.4 Å². The first-order chi connectivity index (χ1) is 9.13. The predicted molar refractivity (Wildman–Crippen MR) is 84.5 cm³/mol. The number of nitrogens with zero attached hydrogens (tertiary/aromatic N) is 2. The minimum absolute atomic E-state index is 0.0432. The molecule has 5 heteroatoms. The van der Waals surface area contributed by atoms with Crippen LogP contribution in [-0.2, 0) is 6.54 Å². The maximum absolute atomic E-state index is 6.18. The van der Waals surface area contributed by atoms with Gasteiger partial charge in [-0.15, -0.1) is 11.6 Å². The van der Waals surface area contributed by atoms with Crippen LogP contribution in [0.2, 0.25) is 5.02 Å². The van der Waals surface area contributed by atoms with Gasteiger partial charge in [0.1, 0.15) is 0 Å². The highest BCUT2D eigenvalue weighted by Gasteiger charge is 2.17. The van der Waals surface area contributed by atoms with Gasteiger partial charge in [-0.2, -0.15) is 0 Å². The van der Waals surface area contributed by atoms with E-state index in [1.165, 1.54) is 0 Å². The highest BCUT2D eigenvalue weighted by Crippen LogP contribution is 2.22. The molecular formula is C14H14Cl2N2S. The SMILES string of the molecule is CC(=S)C(CCl)c1cncn1Cc1ccccc1Cl. The summed E-state index contributed by atoms with van der Waals surface area (Å²) in [6.07, 6.45) is 3.61. The van der Waals surface area contributed by atoms with Crippen LogP contribution in [0.3, 0.4) is 0 Å². The van der Waals surface area contributed by atoms with Gasteiger partial charge in [-0.3, -0.25) is 0 Å². The minimum atomic E-state index is 0.0432. The first-order valence-corrected chi connectivity index (χ1v) is 7.25. The molecule has 2 aromatic rings. The van der Waals surface area contributed by atoms with Crippen molar-refractivity contribution in [3.8, 4) is 0 Å². The Bertz CT molecular complexity index is 580. The maximum atomic E-state index is 6.18. The quantitative estimate of drug-likeness (QED) is 0.605. The van der Waals surface area contributed by atoms with Crippen LogP contribution in [0.25, 0.3) is 0 Å². The molecule has 0 N–H and O–H groups in total. The van der Waals surface area contributed by atoms with Crippen LogP contribution < -0.4 is 0 Å². The number of benzene rings is 1. The number of hydrogen-bond donors (Lipinski definition) is 0. The van der Waals surface area contributed by atoms with Gasteiger partial charge in [0.25, 0.3) is 0 Å². The Morgan fingerprint density at radius 2 is 2.16 bits per heavy atom. The van der Waals surface area contributed by atoms with Crippen molar-refractivity contribution in [2.24, 2.45) is 0 Å². The Morgan fingerprint density at radius 1 is 1.42 bits per heavy atom. The van der Waals surface area contributed by atoms with Gasteiger partial charge in [0.05, 0.1) is 12.9 Å². The second-order valence-corrected chi connectivity index (χ2v) is 5.72. The average Bonchev–Trinajstić information content (AvgIpc) is 2.81. The lowest BCUT2D eigenvalue weighted by molar-refractivity contribution is 0.733. The molecule has 0 aliphatic carbocycles. The fourth-order valence-electron chi connectivity index (χ4n) is 1.96. The van der Waals surface area contributed by atoms with Crippen molar-refractivity contribution in [2.75, 3.05) is 5.88 Å². The molecule has 1 aromatic carbocycles. The van der Waals surface area contributed by atoms with Crippen molar-refractivity contribution in [2.45, 2.75) is 19.4 Å². The van der Waals surface area contributed by atoms with E-state index in [-0.39, 0.29) is 5.92 Å². The van der Waals surface area contributed by atoms with Crippen LogP contribution in [0.1, 0.15) is 24.1 Å². The zero-order valence-electron chi connectivity index (χ0n) is 10.5. The molecule has 2 rings (SSSR count). The van der Waals surface area contributed by atoms with Crippen LogP contribution in [-0.4, -0.2) is 20.3 Å². The van der Waals surface area contributed by atoms with Crippen molar-refractivity contribution >= 4 is 40.3 Å².